The summed E-state index contributed by atoms with van der Waals surface area (Å²) in [4.78, 5) is 5.17. The van der Waals surface area contributed by atoms with Crippen molar-refractivity contribution in [2.75, 3.05) is 46.4 Å². The fourth-order valence-corrected chi connectivity index (χ4v) is 3.32. The third kappa shape index (κ3) is 3.92. The number of ether oxygens (including phenoxy) is 1. The minimum Gasteiger partial charge on any atom is -0.381 e. The molecule has 2 unspecified atom stereocenters. The van der Waals surface area contributed by atoms with E-state index in [0.717, 1.165) is 25.9 Å². The van der Waals surface area contributed by atoms with Gasteiger partial charge in [-0.2, -0.15) is 0 Å². The molecule has 106 valence electrons. The van der Waals surface area contributed by atoms with E-state index in [4.69, 9.17) is 10.5 Å². The highest BCUT2D eigenvalue weighted by atomic mass is 16.5. The molecule has 0 saturated carbocycles. The van der Waals surface area contributed by atoms with E-state index in [9.17, 15) is 0 Å². The minimum absolute atomic E-state index is 0.424. The lowest BCUT2D eigenvalue weighted by atomic mass is 9.99. The molecule has 2 aliphatic rings. The van der Waals surface area contributed by atoms with Crippen molar-refractivity contribution in [3.8, 4) is 0 Å². The molecule has 0 aromatic carbocycles. The Morgan fingerprint density at radius 3 is 2.61 bits per heavy atom. The first-order chi connectivity index (χ1) is 8.83. The molecule has 4 heteroatoms. The van der Waals surface area contributed by atoms with Crippen LogP contribution in [0.4, 0.5) is 0 Å². The quantitative estimate of drug-likeness (QED) is 0.766. The third-order valence-corrected chi connectivity index (χ3v) is 4.51. The van der Waals surface area contributed by atoms with Gasteiger partial charge in [-0.25, -0.2) is 0 Å². The molecule has 2 fully saturated rings. The highest BCUT2D eigenvalue weighted by molar-refractivity contribution is 4.83. The number of nitrogens with zero attached hydrogens (tertiary/aromatic N) is 2. The summed E-state index contributed by atoms with van der Waals surface area (Å²) < 4.78 is 5.47. The Balaban J connectivity index is 1.67. The lowest BCUT2D eigenvalue weighted by molar-refractivity contribution is 0.0123. The lowest BCUT2D eigenvalue weighted by Crippen LogP contribution is -2.49. The standard InChI is InChI=1S/C14H29N3O/c1-18-14-5-10-17(13(11-14)12-15)9-4-8-16-6-2-3-7-16/h13-14H,2-12,15H2,1H3. The smallest absolute Gasteiger partial charge is 0.0599 e. The van der Waals surface area contributed by atoms with Crippen LogP contribution in [-0.2, 0) is 4.74 Å². The monoisotopic (exact) mass is 255 g/mol. The maximum Gasteiger partial charge on any atom is 0.0599 e. The first kappa shape index (κ1) is 14.3. The molecule has 0 aliphatic carbocycles. The van der Waals surface area contributed by atoms with Gasteiger partial charge < -0.3 is 15.4 Å². The first-order valence-corrected chi connectivity index (χ1v) is 7.52. The second-order valence-corrected chi connectivity index (χ2v) is 5.71. The molecule has 2 rings (SSSR count). The van der Waals surface area contributed by atoms with Crippen molar-refractivity contribution in [2.45, 2.75) is 44.2 Å². The van der Waals surface area contributed by atoms with Crippen LogP contribution in [0, 0.1) is 0 Å². The summed E-state index contributed by atoms with van der Waals surface area (Å²) in [6.07, 6.45) is 6.77. The molecule has 2 N–H and O–H groups in total. The molecule has 18 heavy (non-hydrogen) atoms. The minimum atomic E-state index is 0.424. The van der Waals surface area contributed by atoms with Crippen molar-refractivity contribution in [2.24, 2.45) is 5.73 Å². The van der Waals surface area contributed by atoms with Crippen LogP contribution in [0.25, 0.3) is 0 Å². The Morgan fingerprint density at radius 2 is 1.94 bits per heavy atom. The number of hydrogen-bond acceptors (Lipinski definition) is 4. The van der Waals surface area contributed by atoms with Crippen LogP contribution >= 0.6 is 0 Å². The molecule has 2 aliphatic heterocycles. The molecule has 0 spiro atoms. The summed E-state index contributed by atoms with van der Waals surface area (Å²) in [5.41, 5.74) is 5.90. The average Bonchev–Trinajstić information content (AvgIpc) is 2.92. The zero-order valence-corrected chi connectivity index (χ0v) is 11.8. The second-order valence-electron chi connectivity index (χ2n) is 5.71. The van der Waals surface area contributed by atoms with Gasteiger partial charge in [-0.05, 0) is 58.3 Å². The van der Waals surface area contributed by atoms with Gasteiger partial charge in [0.25, 0.3) is 0 Å². The maximum absolute atomic E-state index is 5.90. The van der Waals surface area contributed by atoms with Crippen molar-refractivity contribution in [3.63, 3.8) is 0 Å². The Bertz CT molecular complexity index is 231. The summed E-state index contributed by atoms with van der Waals surface area (Å²) in [6, 6.07) is 0.530. The molecule has 2 atom stereocenters. The number of nitrogens with two attached hydrogens (primary N) is 1. The van der Waals surface area contributed by atoms with Gasteiger partial charge in [0.15, 0.2) is 0 Å². The fourth-order valence-electron chi connectivity index (χ4n) is 3.32. The fraction of sp³-hybridized carbons (Fsp3) is 1.00. The van der Waals surface area contributed by atoms with E-state index in [1.165, 1.54) is 45.4 Å². The van der Waals surface area contributed by atoms with Gasteiger partial charge in [-0.15, -0.1) is 0 Å². The van der Waals surface area contributed by atoms with Crippen molar-refractivity contribution in [3.05, 3.63) is 0 Å². The summed E-state index contributed by atoms with van der Waals surface area (Å²) >= 11 is 0. The number of likely N-dealkylation sites (tertiary alicyclic amines) is 2. The molecular weight excluding hydrogens is 226 g/mol. The largest absolute Gasteiger partial charge is 0.381 e. The zero-order valence-electron chi connectivity index (χ0n) is 11.8. The molecule has 2 saturated heterocycles. The molecule has 0 radical (unpaired) electrons. The lowest BCUT2D eigenvalue weighted by Gasteiger charge is -2.38. The molecule has 0 aromatic heterocycles. The number of rotatable bonds is 6. The molecule has 0 bridgehead atoms. The maximum atomic E-state index is 5.90. The van der Waals surface area contributed by atoms with Gasteiger partial charge in [0, 0.05) is 26.2 Å². The molecule has 0 amide bonds. The number of methoxy groups -OCH3 is 1. The summed E-state index contributed by atoms with van der Waals surface area (Å²) in [5, 5.41) is 0. The average molecular weight is 255 g/mol. The predicted molar refractivity (Wildman–Crippen MR) is 74.7 cm³/mol. The highest BCUT2D eigenvalue weighted by Gasteiger charge is 2.27. The Labute approximate surface area is 111 Å². The summed E-state index contributed by atoms with van der Waals surface area (Å²) in [7, 11) is 1.82. The Morgan fingerprint density at radius 1 is 1.17 bits per heavy atom. The van der Waals surface area contributed by atoms with E-state index < -0.39 is 0 Å². The molecular formula is C14H29N3O. The van der Waals surface area contributed by atoms with Crippen molar-refractivity contribution in [1.29, 1.82) is 0 Å². The number of hydrogen-bond donors (Lipinski definition) is 1. The number of piperidine rings is 1. The van der Waals surface area contributed by atoms with E-state index in [-0.39, 0.29) is 0 Å². The topological polar surface area (TPSA) is 41.7 Å². The Hall–Kier alpha value is -0.160. The van der Waals surface area contributed by atoms with E-state index in [2.05, 4.69) is 9.80 Å². The van der Waals surface area contributed by atoms with Gasteiger partial charge in [0.2, 0.25) is 0 Å². The van der Waals surface area contributed by atoms with Crippen LogP contribution in [0.1, 0.15) is 32.1 Å². The second kappa shape index (κ2) is 7.43. The van der Waals surface area contributed by atoms with Gasteiger partial charge >= 0.3 is 0 Å². The van der Waals surface area contributed by atoms with Crippen LogP contribution in [0.3, 0.4) is 0 Å². The van der Waals surface area contributed by atoms with E-state index in [0.29, 0.717) is 12.1 Å². The van der Waals surface area contributed by atoms with Crippen LogP contribution in [0.2, 0.25) is 0 Å². The van der Waals surface area contributed by atoms with Crippen LogP contribution in [0.15, 0.2) is 0 Å². The normalized spacial score (nSPS) is 31.0. The third-order valence-electron chi connectivity index (χ3n) is 4.51. The summed E-state index contributed by atoms with van der Waals surface area (Å²) in [5.74, 6) is 0. The van der Waals surface area contributed by atoms with Crippen LogP contribution in [-0.4, -0.2) is 68.3 Å². The first-order valence-electron chi connectivity index (χ1n) is 7.52. The van der Waals surface area contributed by atoms with Crippen LogP contribution in [0.5, 0.6) is 0 Å². The van der Waals surface area contributed by atoms with E-state index in [1.54, 1.807) is 0 Å². The van der Waals surface area contributed by atoms with Crippen molar-refractivity contribution in [1.82, 2.24) is 9.80 Å². The predicted octanol–water partition coefficient (Wildman–Crippen LogP) is 0.910. The van der Waals surface area contributed by atoms with Crippen molar-refractivity contribution >= 4 is 0 Å². The van der Waals surface area contributed by atoms with E-state index >= 15 is 0 Å². The SMILES string of the molecule is COC1CCN(CCCN2CCCC2)C(CN)C1. The molecule has 2 heterocycles. The zero-order chi connectivity index (χ0) is 12.8. The summed E-state index contributed by atoms with van der Waals surface area (Å²) in [6.45, 7) is 7.01. The molecule has 4 nitrogen and oxygen atoms in total. The van der Waals surface area contributed by atoms with Gasteiger partial charge in [0.1, 0.15) is 0 Å². The van der Waals surface area contributed by atoms with Gasteiger partial charge in [0.05, 0.1) is 6.10 Å². The van der Waals surface area contributed by atoms with Gasteiger partial charge in [-0.3, -0.25) is 4.90 Å². The van der Waals surface area contributed by atoms with Gasteiger partial charge in [-0.1, -0.05) is 0 Å². The van der Waals surface area contributed by atoms with Crippen molar-refractivity contribution < 1.29 is 4.74 Å². The highest BCUT2D eigenvalue weighted by Crippen LogP contribution is 2.19. The van der Waals surface area contributed by atoms with Crippen LogP contribution < -0.4 is 5.73 Å². The Kier molecular flexibility index (Phi) is 5.89. The molecule has 0 aromatic rings. The van der Waals surface area contributed by atoms with E-state index in [1.807, 2.05) is 7.11 Å².